The Balaban J connectivity index is 1.83. The van der Waals surface area contributed by atoms with Gasteiger partial charge in [-0.2, -0.15) is 0 Å². The monoisotopic (exact) mass is 279 g/mol. The molecule has 0 radical (unpaired) electrons. The highest BCUT2D eigenvalue weighted by Gasteiger charge is 2.54. The van der Waals surface area contributed by atoms with Crippen LogP contribution in [0.25, 0.3) is 0 Å². The third-order valence-corrected chi connectivity index (χ3v) is 5.29. The summed E-state index contributed by atoms with van der Waals surface area (Å²) >= 11 is 6.43. The van der Waals surface area contributed by atoms with E-state index in [4.69, 9.17) is 16.3 Å². The van der Waals surface area contributed by atoms with E-state index in [2.05, 4.69) is 18.4 Å². The fourth-order valence-electron chi connectivity index (χ4n) is 3.98. The van der Waals surface area contributed by atoms with Gasteiger partial charge in [-0.15, -0.1) is 0 Å². The largest absolute Gasteiger partial charge is 0.497 e. The fraction of sp³-hybridized carbons (Fsp3) is 0.625. The molecule has 1 N–H and O–H groups in total. The molecule has 19 heavy (non-hydrogen) atoms. The normalized spacial score (nSPS) is 30.6. The van der Waals surface area contributed by atoms with E-state index >= 15 is 0 Å². The van der Waals surface area contributed by atoms with Crippen molar-refractivity contribution in [2.45, 2.75) is 31.7 Å². The lowest BCUT2D eigenvalue weighted by molar-refractivity contribution is 0.413. The summed E-state index contributed by atoms with van der Waals surface area (Å²) in [7, 11) is 3.73. The summed E-state index contributed by atoms with van der Waals surface area (Å²) in [6, 6.07) is 6.45. The van der Waals surface area contributed by atoms with Gasteiger partial charge in [-0.25, -0.2) is 0 Å². The molecule has 2 aliphatic carbocycles. The molecule has 0 spiro atoms. The maximum atomic E-state index is 6.43. The molecule has 3 unspecified atom stereocenters. The number of rotatable bonds is 4. The number of hydrogen-bond donors (Lipinski definition) is 1. The first kappa shape index (κ1) is 13.3. The standard InChI is InChI=1S/C16H22ClNO/c1-18-16(15-11-5-3-4-6-12(11)15)13-8-7-10(19-2)9-14(13)17/h7-9,11-12,15-16,18H,3-6H2,1-2H3. The Hall–Kier alpha value is -0.730. The SMILES string of the molecule is CNC(c1ccc(OC)cc1Cl)C1C2CCCCC21. The van der Waals surface area contributed by atoms with E-state index in [1.807, 2.05) is 12.1 Å². The molecule has 1 aromatic carbocycles. The number of ether oxygens (including phenoxy) is 1. The summed E-state index contributed by atoms with van der Waals surface area (Å²) in [5.74, 6) is 3.45. The van der Waals surface area contributed by atoms with Gasteiger partial charge in [0.1, 0.15) is 5.75 Å². The van der Waals surface area contributed by atoms with Crippen molar-refractivity contribution >= 4 is 11.6 Å². The quantitative estimate of drug-likeness (QED) is 0.898. The Labute approximate surface area is 120 Å². The van der Waals surface area contributed by atoms with E-state index in [-0.39, 0.29) is 0 Å². The third kappa shape index (κ3) is 2.36. The molecule has 2 saturated carbocycles. The Morgan fingerprint density at radius 3 is 2.47 bits per heavy atom. The van der Waals surface area contributed by atoms with Crippen molar-refractivity contribution in [2.75, 3.05) is 14.2 Å². The average molecular weight is 280 g/mol. The maximum Gasteiger partial charge on any atom is 0.120 e. The topological polar surface area (TPSA) is 21.3 Å². The molecule has 0 heterocycles. The highest BCUT2D eigenvalue weighted by atomic mass is 35.5. The molecule has 104 valence electrons. The maximum absolute atomic E-state index is 6.43. The third-order valence-electron chi connectivity index (χ3n) is 4.96. The van der Waals surface area contributed by atoms with Gasteiger partial charge in [0.05, 0.1) is 7.11 Å². The zero-order chi connectivity index (χ0) is 13.4. The average Bonchev–Trinajstić information content (AvgIpc) is 3.16. The molecule has 2 fully saturated rings. The second-order valence-corrected chi connectivity index (χ2v) is 6.25. The molecule has 0 saturated heterocycles. The van der Waals surface area contributed by atoms with Gasteiger partial charge in [0.25, 0.3) is 0 Å². The molecule has 3 heteroatoms. The van der Waals surface area contributed by atoms with E-state index < -0.39 is 0 Å². The van der Waals surface area contributed by atoms with Gasteiger partial charge in [-0.1, -0.05) is 30.5 Å². The summed E-state index contributed by atoms with van der Waals surface area (Å²) in [6.07, 6.45) is 5.62. The molecular weight excluding hydrogens is 258 g/mol. The smallest absolute Gasteiger partial charge is 0.120 e. The predicted molar refractivity (Wildman–Crippen MR) is 78.7 cm³/mol. The van der Waals surface area contributed by atoms with Crippen molar-refractivity contribution < 1.29 is 4.74 Å². The summed E-state index contributed by atoms with van der Waals surface area (Å²) in [5.41, 5.74) is 1.23. The molecule has 1 aromatic rings. The number of halogens is 1. The molecule has 2 aliphatic rings. The van der Waals surface area contributed by atoms with Crippen LogP contribution in [0.15, 0.2) is 18.2 Å². The lowest BCUT2D eigenvalue weighted by Gasteiger charge is -2.19. The fourth-order valence-corrected chi connectivity index (χ4v) is 4.27. The van der Waals surface area contributed by atoms with Crippen LogP contribution in [0.1, 0.15) is 37.3 Å². The van der Waals surface area contributed by atoms with Crippen LogP contribution in [-0.4, -0.2) is 14.2 Å². The van der Waals surface area contributed by atoms with Crippen LogP contribution in [0.2, 0.25) is 5.02 Å². The van der Waals surface area contributed by atoms with Crippen molar-refractivity contribution in [2.24, 2.45) is 17.8 Å². The summed E-state index contributed by atoms with van der Waals surface area (Å²) in [4.78, 5) is 0. The van der Waals surface area contributed by atoms with E-state index in [9.17, 15) is 0 Å². The lowest BCUT2D eigenvalue weighted by Crippen LogP contribution is -2.20. The summed E-state index contributed by atoms with van der Waals surface area (Å²) in [5, 5.41) is 4.31. The van der Waals surface area contributed by atoms with E-state index in [1.165, 1.54) is 31.2 Å². The molecule has 3 atom stereocenters. The van der Waals surface area contributed by atoms with Crippen LogP contribution in [0.5, 0.6) is 5.75 Å². The van der Waals surface area contributed by atoms with Gasteiger partial charge < -0.3 is 10.1 Å². The zero-order valence-electron chi connectivity index (χ0n) is 11.7. The van der Waals surface area contributed by atoms with Crippen LogP contribution in [-0.2, 0) is 0 Å². The van der Waals surface area contributed by atoms with Crippen LogP contribution >= 0.6 is 11.6 Å². The van der Waals surface area contributed by atoms with Crippen LogP contribution in [0.4, 0.5) is 0 Å². The highest BCUT2D eigenvalue weighted by molar-refractivity contribution is 6.31. The molecule has 0 aliphatic heterocycles. The highest BCUT2D eigenvalue weighted by Crippen LogP contribution is 2.60. The molecule has 2 nitrogen and oxygen atoms in total. The Morgan fingerprint density at radius 1 is 1.26 bits per heavy atom. The van der Waals surface area contributed by atoms with Gasteiger partial charge in [0, 0.05) is 11.1 Å². The van der Waals surface area contributed by atoms with Crippen molar-refractivity contribution in [1.29, 1.82) is 0 Å². The number of fused-ring (bicyclic) bond motifs is 1. The first-order chi connectivity index (χ1) is 9.26. The second kappa shape index (κ2) is 5.34. The van der Waals surface area contributed by atoms with E-state index in [0.717, 1.165) is 28.5 Å². The van der Waals surface area contributed by atoms with Crippen LogP contribution in [0, 0.1) is 17.8 Å². The van der Waals surface area contributed by atoms with Crippen LogP contribution < -0.4 is 10.1 Å². The molecular formula is C16H22ClNO. The predicted octanol–water partition coefficient (Wildman–Crippen LogP) is 4.05. The van der Waals surface area contributed by atoms with Gasteiger partial charge >= 0.3 is 0 Å². The van der Waals surface area contributed by atoms with Gasteiger partial charge in [-0.05, 0) is 55.3 Å². The van der Waals surface area contributed by atoms with E-state index in [0.29, 0.717) is 6.04 Å². The van der Waals surface area contributed by atoms with Crippen molar-refractivity contribution in [3.63, 3.8) is 0 Å². The number of nitrogens with one attached hydrogen (secondary N) is 1. The van der Waals surface area contributed by atoms with Crippen molar-refractivity contribution in [3.05, 3.63) is 28.8 Å². The van der Waals surface area contributed by atoms with Crippen molar-refractivity contribution in [1.82, 2.24) is 5.32 Å². The first-order valence-corrected chi connectivity index (χ1v) is 7.64. The molecule has 3 rings (SSSR count). The Morgan fingerprint density at radius 2 is 1.95 bits per heavy atom. The van der Waals surface area contributed by atoms with Crippen LogP contribution in [0.3, 0.4) is 0 Å². The molecule has 0 amide bonds. The minimum atomic E-state index is 0.395. The number of methoxy groups -OCH3 is 1. The minimum Gasteiger partial charge on any atom is -0.497 e. The van der Waals surface area contributed by atoms with Crippen molar-refractivity contribution in [3.8, 4) is 5.75 Å². The first-order valence-electron chi connectivity index (χ1n) is 7.27. The van der Waals surface area contributed by atoms with Gasteiger partial charge in [0.15, 0.2) is 0 Å². The number of hydrogen-bond acceptors (Lipinski definition) is 2. The molecule has 0 bridgehead atoms. The van der Waals surface area contributed by atoms with Gasteiger partial charge in [0.2, 0.25) is 0 Å². The number of benzene rings is 1. The summed E-state index contributed by atoms with van der Waals surface area (Å²) < 4.78 is 5.23. The summed E-state index contributed by atoms with van der Waals surface area (Å²) in [6.45, 7) is 0. The minimum absolute atomic E-state index is 0.395. The lowest BCUT2D eigenvalue weighted by atomic mass is 9.99. The second-order valence-electron chi connectivity index (χ2n) is 5.84. The Bertz CT molecular complexity index is 450. The molecule has 0 aromatic heterocycles. The van der Waals surface area contributed by atoms with E-state index in [1.54, 1.807) is 7.11 Å². The Kier molecular flexibility index (Phi) is 3.72. The van der Waals surface area contributed by atoms with Gasteiger partial charge in [-0.3, -0.25) is 0 Å². The zero-order valence-corrected chi connectivity index (χ0v) is 12.4.